The van der Waals surface area contributed by atoms with Crippen molar-refractivity contribution < 1.29 is 9.53 Å². The van der Waals surface area contributed by atoms with Gasteiger partial charge in [-0.05, 0) is 28.7 Å². The quantitative estimate of drug-likeness (QED) is 0.444. The van der Waals surface area contributed by atoms with Crippen molar-refractivity contribution in [2.24, 2.45) is 0 Å². The molecule has 0 fully saturated rings. The van der Waals surface area contributed by atoms with Gasteiger partial charge in [-0.3, -0.25) is 0 Å². The maximum atomic E-state index is 11.1. The maximum absolute atomic E-state index is 11.1. The molecule has 0 amide bonds. The molecular weight excluding hydrogens is 269 g/mol. The first-order valence-corrected chi connectivity index (χ1v) is 4.52. The molecule has 0 aliphatic carbocycles. The van der Waals surface area contributed by atoms with Crippen molar-refractivity contribution in [1.82, 2.24) is 0 Å². The van der Waals surface area contributed by atoms with Crippen LogP contribution in [0.1, 0.15) is 15.9 Å². The Morgan fingerprint density at radius 2 is 2.25 bits per heavy atom. The van der Waals surface area contributed by atoms with E-state index in [1.165, 1.54) is 0 Å². The van der Waals surface area contributed by atoms with Crippen LogP contribution in [0.4, 0.5) is 5.69 Å². The number of cyclic esters (lactones) is 1. The van der Waals surface area contributed by atoms with Gasteiger partial charge in [-0.2, -0.15) is 0 Å². The summed E-state index contributed by atoms with van der Waals surface area (Å²) >= 11 is 2.09. The van der Waals surface area contributed by atoms with Crippen LogP contribution in [0.5, 0.6) is 0 Å². The normalized spacial score (nSPS) is 14.2. The largest absolute Gasteiger partial charge is 0.457 e. The number of halogens is 1. The van der Waals surface area contributed by atoms with E-state index in [0.29, 0.717) is 17.9 Å². The Kier molecular flexibility index (Phi) is 1.71. The lowest BCUT2D eigenvalue weighted by atomic mass is 10.1. The highest BCUT2D eigenvalue weighted by molar-refractivity contribution is 14.1. The van der Waals surface area contributed by atoms with Crippen LogP contribution < -0.4 is 5.73 Å². The highest BCUT2D eigenvalue weighted by Gasteiger charge is 2.24. The molecule has 1 aromatic carbocycles. The number of carbonyl (C=O) groups is 1. The topological polar surface area (TPSA) is 52.3 Å². The first-order chi connectivity index (χ1) is 5.70. The number of esters is 1. The van der Waals surface area contributed by atoms with Crippen LogP contribution in [0.3, 0.4) is 0 Å². The number of nitrogens with two attached hydrogens (primary N) is 1. The Morgan fingerprint density at radius 3 is 3.00 bits per heavy atom. The Morgan fingerprint density at radius 1 is 1.50 bits per heavy atom. The van der Waals surface area contributed by atoms with Gasteiger partial charge in [0.15, 0.2) is 0 Å². The molecule has 0 saturated carbocycles. The Balaban J connectivity index is 2.71. The van der Waals surface area contributed by atoms with Crippen LogP contribution in [-0.2, 0) is 11.3 Å². The SMILES string of the molecule is Nc1c(I)ccc2c1C(=O)OC2. The molecule has 4 heteroatoms. The highest BCUT2D eigenvalue weighted by atomic mass is 127. The van der Waals surface area contributed by atoms with Gasteiger partial charge in [0.1, 0.15) is 6.61 Å². The Bertz CT molecular complexity index is 362. The van der Waals surface area contributed by atoms with Crippen molar-refractivity contribution >= 4 is 34.2 Å². The van der Waals surface area contributed by atoms with Crippen LogP contribution >= 0.6 is 22.6 Å². The van der Waals surface area contributed by atoms with Crippen LogP contribution in [-0.4, -0.2) is 5.97 Å². The van der Waals surface area contributed by atoms with Gasteiger partial charge in [-0.15, -0.1) is 0 Å². The second kappa shape index (κ2) is 2.62. The lowest BCUT2D eigenvalue weighted by Crippen LogP contribution is -2.01. The number of ether oxygens (including phenoxy) is 1. The predicted octanol–water partition coefficient (Wildman–Crippen LogP) is 1.54. The number of nitrogen functional groups attached to an aromatic ring is 1. The second-order valence-electron chi connectivity index (χ2n) is 2.57. The lowest BCUT2D eigenvalue weighted by Gasteiger charge is -2.00. The van der Waals surface area contributed by atoms with E-state index >= 15 is 0 Å². The number of fused-ring (bicyclic) bond motifs is 1. The van der Waals surface area contributed by atoms with Gasteiger partial charge in [-0.25, -0.2) is 4.79 Å². The number of rotatable bonds is 0. The van der Waals surface area contributed by atoms with Gasteiger partial charge in [0.05, 0.1) is 11.3 Å². The molecule has 12 heavy (non-hydrogen) atoms. The van der Waals surface area contributed by atoms with Crippen LogP contribution in [0.2, 0.25) is 0 Å². The summed E-state index contributed by atoms with van der Waals surface area (Å²) < 4.78 is 5.73. The van der Waals surface area contributed by atoms with Gasteiger partial charge < -0.3 is 10.5 Å². The van der Waals surface area contributed by atoms with Crippen molar-refractivity contribution in [3.63, 3.8) is 0 Å². The number of anilines is 1. The average molecular weight is 275 g/mol. The molecule has 0 spiro atoms. The van der Waals surface area contributed by atoms with E-state index in [1.54, 1.807) is 0 Å². The molecule has 1 aliphatic rings. The summed E-state index contributed by atoms with van der Waals surface area (Å²) in [4.78, 5) is 11.1. The monoisotopic (exact) mass is 275 g/mol. The zero-order valence-electron chi connectivity index (χ0n) is 6.13. The summed E-state index contributed by atoms with van der Waals surface area (Å²) in [6.07, 6.45) is 0. The van der Waals surface area contributed by atoms with E-state index in [-0.39, 0.29) is 5.97 Å². The minimum absolute atomic E-state index is 0.305. The van der Waals surface area contributed by atoms with E-state index < -0.39 is 0 Å². The molecule has 62 valence electrons. The van der Waals surface area contributed by atoms with Crippen molar-refractivity contribution in [3.8, 4) is 0 Å². The first-order valence-electron chi connectivity index (χ1n) is 3.44. The van der Waals surface area contributed by atoms with Crippen molar-refractivity contribution in [2.45, 2.75) is 6.61 Å². The summed E-state index contributed by atoms with van der Waals surface area (Å²) in [5, 5.41) is 0. The molecule has 1 heterocycles. The molecule has 0 atom stereocenters. The summed E-state index contributed by atoms with van der Waals surface area (Å²) in [5.74, 6) is -0.305. The standard InChI is InChI=1S/C8H6INO2/c9-5-2-1-4-3-12-8(11)6(4)7(5)10/h1-2H,3,10H2. The molecular formula is C8H6INO2. The third-order valence-electron chi connectivity index (χ3n) is 1.84. The predicted molar refractivity (Wildman–Crippen MR) is 52.7 cm³/mol. The average Bonchev–Trinajstić information content (AvgIpc) is 2.41. The van der Waals surface area contributed by atoms with Crippen LogP contribution in [0.25, 0.3) is 0 Å². The summed E-state index contributed by atoms with van der Waals surface area (Å²) in [5.41, 5.74) is 7.68. The zero-order valence-corrected chi connectivity index (χ0v) is 8.29. The first kappa shape index (κ1) is 7.85. The van der Waals surface area contributed by atoms with E-state index in [4.69, 9.17) is 10.5 Å². The zero-order chi connectivity index (χ0) is 8.72. The summed E-state index contributed by atoms with van der Waals surface area (Å²) in [6.45, 7) is 0.356. The number of benzene rings is 1. The number of carbonyl (C=O) groups excluding carboxylic acids is 1. The van der Waals surface area contributed by atoms with Crippen LogP contribution in [0, 0.1) is 3.57 Å². The third-order valence-corrected chi connectivity index (χ3v) is 2.78. The smallest absolute Gasteiger partial charge is 0.341 e. The van der Waals surface area contributed by atoms with E-state index in [9.17, 15) is 4.79 Å². The number of hydrogen-bond donors (Lipinski definition) is 1. The molecule has 2 N–H and O–H groups in total. The molecule has 0 aromatic heterocycles. The minimum Gasteiger partial charge on any atom is -0.457 e. The highest BCUT2D eigenvalue weighted by Crippen LogP contribution is 2.28. The molecule has 0 saturated heterocycles. The molecule has 2 rings (SSSR count). The molecule has 1 aromatic rings. The third kappa shape index (κ3) is 0.979. The maximum Gasteiger partial charge on any atom is 0.341 e. The van der Waals surface area contributed by atoms with Crippen LogP contribution in [0.15, 0.2) is 12.1 Å². The molecule has 0 unspecified atom stereocenters. The van der Waals surface area contributed by atoms with Crippen molar-refractivity contribution in [2.75, 3.05) is 5.73 Å². The summed E-state index contributed by atoms with van der Waals surface area (Å²) in [7, 11) is 0. The molecule has 0 radical (unpaired) electrons. The molecule has 3 nitrogen and oxygen atoms in total. The fourth-order valence-corrected chi connectivity index (χ4v) is 1.67. The van der Waals surface area contributed by atoms with Gasteiger partial charge in [0, 0.05) is 9.13 Å². The Labute approximate surface area is 83.0 Å². The number of hydrogen-bond acceptors (Lipinski definition) is 3. The van der Waals surface area contributed by atoms with Gasteiger partial charge in [-0.1, -0.05) is 6.07 Å². The van der Waals surface area contributed by atoms with E-state index in [1.807, 2.05) is 12.1 Å². The van der Waals surface area contributed by atoms with E-state index in [0.717, 1.165) is 9.13 Å². The molecule has 0 bridgehead atoms. The lowest BCUT2D eigenvalue weighted by molar-refractivity contribution is 0.0536. The van der Waals surface area contributed by atoms with E-state index in [2.05, 4.69) is 22.6 Å². The minimum atomic E-state index is -0.305. The van der Waals surface area contributed by atoms with Crippen molar-refractivity contribution in [3.05, 3.63) is 26.8 Å². The fraction of sp³-hybridized carbons (Fsp3) is 0.125. The molecule has 1 aliphatic heterocycles. The van der Waals surface area contributed by atoms with Gasteiger partial charge in [0.25, 0.3) is 0 Å². The van der Waals surface area contributed by atoms with Gasteiger partial charge in [0.2, 0.25) is 0 Å². The summed E-state index contributed by atoms with van der Waals surface area (Å²) in [6, 6.07) is 3.76. The van der Waals surface area contributed by atoms with Crippen molar-refractivity contribution in [1.29, 1.82) is 0 Å². The second-order valence-corrected chi connectivity index (χ2v) is 3.73. The Hall–Kier alpha value is -0.780. The fourth-order valence-electron chi connectivity index (χ4n) is 1.22. The van der Waals surface area contributed by atoms with Gasteiger partial charge >= 0.3 is 5.97 Å².